The van der Waals surface area contributed by atoms with Crippen LogP contribution in [0.5, 0.6) is 0 Å². The van der Waals surface area contributed by atoms with Gasteiger partial charge in [-0.1, -0.05) is 18.2 Å². The molecule has 30 heavy (non-hydrogen) atoms. The van der Waals surface area contributed by atoms with Crippen LogP contribution in [0.3, 0.4) is 0 Å². The topological polar surface area (TPSA) is 84.4 Å². The SMILES string of the molecule is Cc1cccc2c(C(C)(C)NC(=O)C3[C@H]4CN(C(=O)OC(C)(C)C)C[C@@H]34)ncnc12. The van der Waals surface area contributed by atoms with Gasteiger partial charge in [-0.15, -0.1) is 0 Å². The van der Waals surface area contributed by atoms with E-state index in [0.29, 0.717) is 13.1 Å². The summed E-state index contributed by atoms with van der Waals surface area (Å²) in [6.07, 6.45) is 1.26. The van der Waals surface area contributed by atoms with Gasteiger partial charge < -0.3 is 15.0 Å². The predicted octanol–water partition coefficient (Wildman–Crippen LogP) is 3.40. The molecule has 1 unspecified atom stereocenters. The number of aromatic nitrogens is 2. The Kier molecular flexibility index (Phi) is 4.75. The maximum atomic E-state index is 13.0. The summed E-state index contributed by atoms with van der Waals surface area (Å²) in [6, 6.07) is 6.00. The third-order valence-electron chi connectivity index (χ3n) is 6.04. The molecule has 0 bridgehead atoms. The van der Waals surface area contributed by atoms with Gasteiger partial charge in [-0.25, -0.2) is 14.8 Å². The van der Waals surface area contributed by atoms with Crippen molar-refractivity contribution in [2.45, 2.75) is 52.7 Å². The van der Waals surface area contributed by atoms with E-state index in [2.05, 4.69) is 15.3 Å². The highest BCUT2D eigenvalue weighted by molar-refractivity contribution is 5.87. The summed E-state index contributed by atoms with van der Waals surface area (Å²) in [5, 5.41) is 4.15. The number of hydrogen-bond acceptors (Lipinski definition) is 5. The number of piperidine rings is 1. The van der Waals surface area contributed by atoms with E-state index >= 15 is 0 Å². The number of carbonyl (C=O) groups excluding carboxylic acids is 2. The summed E-state index contributed by atoms with van der Waals surface area (Å²) in [4.78, 5) is 35.9. The summed E-state index contributed by atoms with van der Waals surface area (Å²) in [7, 11) is 0. The number of ether oxygens (including phenoxy) is 1. The molecule has 1 aliphatic carbocycles. The van der Waals surface area contributed by atoms with E-state index in [0.717, 1.165) is 22.2 Å². The van der Waals surface area contributed by atoms with Crippen molar-refractivity contribution < 1.29 is 14.3 Å². The molecule has 2 aliphatic rings. The minimum absolute atomic E-state index is 0.0262. The van der Waals surface area contributed by atoms with Crippen LogP contribution < -0.4 is 5.32 Å². The second-order valence-corrected chi connectivity index (χ2v) is 10.0. The van der Waals surface area contributed by atoms with Crippen molar-refractivity contribution in [2.24, 2.45) is 17.8 Å². The lowest BCUT2D eigenvalue weighted by Gasteiger charge is -2.28. The Bertz CT molecular complexity index is 999. The van der Waals surface area contributed by atoms with Crippen molar-refractivity contribution in [2.75, 3.05) is 13.1 Å². The molecule has 2 heterocycles. The number of carbonyl (C=O) groups is 2. The zero-order chi connectivity index (χ0) is 21.8. The molecule has 1 saturated carbocycles. The Morgan fingerprint density at radius 3 is 2.40 bits per heavy atom. The van der Waals surface area contributed by atoms with E-state index < -0.39 is 11.1 Å². The number of fused-ring (bicyclic) bond motifs is 2. The van der Waals surface area contributed by atoms with E-state index in [1.54, 1.807) is 11.2 Å². The number of amides is 2. The van der Waals surface area contributed by atoms with E-state index in [4.69, 9.17) is 4.74 Å². The fraction of sp³-hybridized carbons (Fsp3) is 0.565. The molecule has 0 radical (unpaired) electrons. The summed E-state index contributed by atoms with van der Waals surface area (Å²) >= 11 is 0. The van der Waals surface area contributed by atoms with Crippen LogP contribution in [0.25, 0.3) is 10.9 Å². The zero-order valence-electron chi connectivity index (χ0n) is 18.5. The molecule has 1 aromatic carbocycles. The van der Waals surface area contributed by atoms with Gasteiger partial charge in [-0.3, -0.25) is 4.79 Å². The van der Waals surface area contributed by atoms with Crippen LogP contribution >= 0.6 is 0 Å². The second-order valence-electron chi connectivity index (χ2n) is 10.0. The van der Waals surface area contributed by atoms with Crippen LogP contribution in [0.15, 0.2) is 24.5 Å². The standard InChI is InChI=1S/C23H30N4O3/c1-13-8-7-9-14-18(13)24-12-25-19(14)23(5,6)26-20(28)17-15-10-27(11-16(15)17)21(29)30-22(2,3)4/h7-9,12,15-17H,10-11H2,1-6H3,(H,26,28)/t15-,16+,17?. The van der Waals surface area contributed by atoms with Gasteiger partial charge in [0.1, 0.15) is 11.9 Å². The Labute approximate surface area is 177 Å². The molecule has 1 saturated heterocycles. The largest absolute Gasteiger partial charge is 0.444 e. The Morgan fingerprint density at radius 2 is 1.77 bits per heavy atom. The average Bonchev–Trinajstić information content (AvgIpc) is 3.14. The molecule has 3 atom stereocenters. The minimum atomic E-state index is -0.631. The highest BCUT2D eigenvalue weighted by Crippen LogP contribution is 2.52. The molecule has 2 aromatic rings. The van der Waals surface area contributed by atoms with E-state index in [-0.39, 0.29) is 29.8 Å². The molecule has 7 nitrogen and oxygen atoms in total. The quantitative estimate of drug-likeness (QED) is 0.838. The molecule has 2 fully saturated rings. The first kappa shape index (κ1) is 20.6. The molecule has 0 spiro atoms. The number of benzene rings is 1. The highest BCUT2D eigenvalue weighted by Gasteiger charge is 2.61. The fourth-order valence-corrected chi connectivity index (χ4v) is 4.57. The van der Waals surface area contributed by atoms with Gasteiger partial charge in [0.2, 0.25) is 5.91 Å². The van der Waals surface area contributed by atoms with Gasteiger partial charge in [0.25, 0.3) is 0 Å². The third-order valence-corrected chi connectivity index (χ3v) is 6.04. The summed E-state index contributed by atoms with van der Waals surface area (Å²) in [5.41, 5.74) is 1.65. The van der Waals surface area contributed by atoms with Gasteiger partial charge in [-0.2, -0.15) is 0 Å². The summed E-state index contributed by atoms with van der Waals surface area (Å²) in [5.74, 6) is 0.381. The molecular weight excluding hydrogens is 380 g/mol. The number of nitrogens with one attached hydrogen (secondary N) is 1. The van der Waals surface area contributed by atoms with Crippen LogP contribution in [0, 0.1) is 24.7 Å². The summed E-state index contributed by atoms with van der Waals surface area (Å²) < 4.78 is 5.45. The van der Waals surface area contributed by atoms with Crippen molar-refractivity contribution in [1.82, 2.24) is 20.2 Å². The predicted molar refractivity (Wildman–Crippen MR) is 114 cm³/mol. The molecule has 2 amide bonds. The van der Waals surface area contributed by atoms with Gasteiger partial charge >= 0.3 is 6.09 Å². The van der Waals surface area contributed by atoms with Crippen molar-refractivity contribution in [1.29, 1.82) is 0 Å². The Balaban J connectivity index is 1.43. The lowest BCUT2D eigenvalue weighted by atomic mass is 9.94. The van der Waals surface area contributed by atoms with E-state index in [9.17, 15) is 9.59 Å². The molecule has 1 N–H and O–H groups in total. The molecule has 7 heteroatoms. The molecule has 4 rings (SSSR count). The molecule has 1 aromatic heterocycles. The lowest BCUT2D eigenvalue weighted by Crippen LogP contribution is -2.44. The third kappa shape index (κ3) is 3.73. The first-order valence-electron chi connectivity index (χ1n) is 10.5. The van der Waals surface area contributed by atoms with E-state index in [1.165, 1.54) is 0 Å². The lowest BCUT2D eigenvalue weighted by molar-refractivity contribution is -0.125. The maximum absolute atomic E-state index is 13.0. The normalized spacial score (nSPS) is 23.3. The summed E-state index contributed by atoms with van der Waals surface area (Å²) in [6.45, 7) is 12.7. The number of likely N-dealkylation sites (tertiary alicyclic amines) is 1. The van der Waals surface area contributed by atoms with Crippen LogP contribution in [-0.4, -0.2) is 45.6 Å². The average molecular weight is 411 g/mol. The fourth-order valence-electron chi connectivity index (χ4n) is 4.57. The van der Waals surface area contributed by atoms with Crippen LogP contribution in [-0.2, 0) is 15.1 Å². The molecular formula is C23H30N4O3. The highest BCUT2D eigenvalue weighted by atomic mass is 16.6. The number of aryl methyl sites for hydroxylation is 1. The van der Waals surface area contributed by atoms with Gasteiger partial charge in [0.05, 0.1) is 16.7 Å². The van der Waals surface area contributed by atoms with Crippen molar-refractivity contribution in [3.05, 3.63) is 35.8 Å². The van der Waals surface area contributed by atoms with Gasteiger partial charge in [-0.05, 0) is 58.9 Å². The molecule has 1 aliphatic heterocycles. The Morgan fingerprint density at radius 1 is 1.10 bits per heavy atom. The number of rotatable bonds is 3. The maximum Gasteiger partial charge on any atom is 0.410 e. The minimum Gasteiger partial charge on any atom is -0.444 e. The number of para-hydroxylation sites is 1. The van der Waals surface area contributed by atoms with Gasteiger partial charge in [0.15, 0.2) is 0 Å². The number of hydrogen-bond donors (Lipinski definition) is 1. The van der Waals surface area contributed by atoms with E-state index in [1.807, 2.05) is 59.7 Å². The smallest absolute Gasteiger partial charge is 0.410 e. The number of nitrogens with zero attached hydrogens (tertiary/aromatic N) is 3. The Hall–Kier alpha value is -2.70. The van der Waals surface area contributed by atoms with Crippen LogP contribution in [0.2, 0.25) is 0 Å². The van der Waals surface area contributed by atoms with Crippen LogP contribution in [0.4, 0.5) is 4.79 Å². The van der Waals surface area contributed by atoms with Gasteiger partial charge in [0, 0.05) is 24.4 Å². The monoisotopic (exact) mass is 410 g/mol. The van der Waals surface area contributed by atoms with Crippen molar-refractivity contribution in [3.8, 4) is 0 Å². The van der Waals surface area contributed by atoms with Crippen LogP contribution in [0.1, 0.15) is 45.9 Å². The van der Waals surface area contributed by atoms with Crippen molar-refractivity contribution >= 4 is 22.9 Å². The first-order chi connectivity index (χ1) is 14.0. The first-order valence-corrected chi connectivity index (χ1v) is 10.5. The molecule has 160 valence electrons. The zero-order valence-corrected chi connectivity index (χ0v) is 18.5. The second kappa shape index (κ2) is 6.93. The van der Waals surface area contributed by atoms with Crippen molar-refractivity contribution in [3.63, 3.8) is 0 Å².